The van der Waals surface area contributed by atoms with Crippen molar-refractivity contribution in [3.8, 4) is 0 Å². The zero-order valence-corrected chi connectivity index (χ0v) is 13.3. The minimum absolute atomic E-state index is 0.0274. The van der Waals surface area contributed by atoms with Gasteiger partial charge >= 0.3 is 5.97 Å². The first-order chi connectivity index (χ1) is 11.0. The van der Waals surface area contributed by atoms with E-state index in [4.69, 9.17) is 5.11 Å². The highest BCUT2D eigenvalue weighted by atomic mass is 16.4. The summed E-state index contributed by atoms with van der Waals surface area (Å²) < 4.78 is 0. The number of likely N-dealkylation sites (tertiary alicyclic amines) is 1. The molecule has 0 aliphatic carbocycles. The number of aliphatic carboxylic acids is 1. The highest BCUT2D eigenvalue weighted by Gasteiger charge is 2.54. The number of nitrogens with zero attached hydrogens (tertiary/aromatic N) is 4. The van der Waals surface area contributed by atoms with Crippen molar-refractivity contribution in [2.75, 3.05) is 56.6 Å². The van der Waals surface area contributed by atoms with Crippen molar-refractivity contribution in [2.45, 2.75) is 6.42 Å². The average molecular weight is 321 g/mol. The van der Waals surface area contributed by atoms with E-state index in [2.05, 4.69) is 20.2 Å². The summed E-state index contributed by atoms with van der Waals surface area (Å²) in [6.45, 7) is 3.12. The van der Waals surface area contributed by atoms with Gasteiger partial charge in [-0.25, -0.2) is 9.97 Å². The van der Waals surface area contributed by atoms with Crippen LogP contribution < -0.4 is 10.2 Å². The molecule has 1 aromatic heterocycles. The van der Waals surface area contributed by atoms with Gasteiger partial charge in [0.15, 0.2) is 0 Å². The van der Waals surface area contributed by atoms with Crippen LogP contribution >= 0.6 is 0 Å². The van der Waals surface area contributed by atoms with Gasteiger partial charge in [0.05, 0.1) is 6.61 Å². The van der Waals surface area contributed by atoms with Gasteiger partial charge in [-0.3, -0.25) is 4.79 Å². The van der Waals surface area contributed by atoms with Gasteiger partial charge in [0.2, 0.25) is 0 Å². The predicted octanol–water partition coefficient (Wildman–Crippen LogP) is -0.276. The summed E-state index contributed by atoms with van der Waals surface area (Å²) in [5.74, 6) is 0.794. The Hall–Kier alpha value is -1.93. The maximum Gasteiger partial charge on any atom is 0.313 e. The molecule has 0 bridgehead atoms. The Morgan fingerprint density at radius 3 is 3.04 bits per heavy atom. The van der Waals surface area contributed by atoms with Crippen molar-refractivity contribution in [1.82, 2.24) is 14.9 Å². The van der Waals surface area contributed by atoms with Gasteiger partial charge in [0, 0.05) is 32.2 Å². The van der Waals surface area contributed by atoms with Crippen LogP contribution in [0.1, 0.15) is 6.42 Å². The number of anilines is 2. The van der Waals surface area contributed by atoms with Crippen LogP contribution in [0.4, 0.5) is 11.6 Å². The Morgan fingerprint density at radius 1 is 1.48 bits per heavy atom. The molecule has 0 unspecified atom stereocenters. The third-order valence-corrected chi connectivity index (χ3v) is 4.93. The molecule has 126 valence electrons. The zero-order chi connectivity index (χ0) is 16.4. The number of carbonyl (C=O) groups is 1. The molecule has 0 aromatic carbocycles. The number of rotatable bonds is 5. The summed E-state index contributed by atoms with van der Waals surface area (Å²) >= 11 is 0. The van der Waals surface area contributed by atoms with Crippen LogP contribution in [-0.4, -0.2) is 77.4 Å². The second-order valence-corrected chi connectivity index (χ2v) is 6.48. The molecule has 3 N–H and O–H groups in total. The van der Waals surface area contributed by atoms with Gasteiger partial charge in [0.25, 0.3) is 0 Å². The van der Waals surface area contributed by atoms with Crippen LogP contribution in [0.15, 0.2) is 12.4 Å². The molecule has 2 fully saturated rings. The number of hydrogen-bond donors (Lipinski definition) is 3. The summed E-state index contributed by atoms with van der Waals surface area (Å²) in [6, 6.07) is 1.81. The molecule has 23 heavy (non-hydrogen) atoms. The van der Waals surface area contributed by atoms with Crippen molar-refractivity contribution in [3.05, 3.63) is 12.4 Å². The first-order valence-corrected chi connectivity index (χ1v) is 7.89. The van der Waals surface area contributed by atoms with E-state index in [-0.39, 0.29) is 12.5 Å². The smallest absolute Gasteiger partial charge is 0.313 e. The lowest BCUT2D eigenvalue weighted by Gasteiger charge is -2.39. The molecular formula is C15H23N5O3. The van der Waals surface area contributed by atoms with Crippen LogP contribution in [0.3, 0.4) is 0 Å². The first-order valence-electron chi connectivity index (χ1n) is 7.89. The summed E-state index contributed by atoms with van der Waals surface area (Å²) in [5.41, 5.74) is -0.726. The quantitative estimate of drug-likeness (QED) is 0.681. The van der Waals surface area contributed by atoms with Crippen LogP contribution in [0, 0.1) is 11.3 Å². The largest absolute Gasteiger partial charge is 0.481 e. The highest BCUT2D eigenvalue weighted by molar-refractivity contribution is 5.78. The van der Waals surface area contributed by atoms with Crippen molar-refractivity contribution < 1.29 is 15.0 Å². The highest BCUT2D eigenvalue weighted by Crippen LogP contribution is 2.43. The van der Waals surface area contributed by atoms with Crippen LogP contribution in [0.2, 0.25) is 0 Å². The van der Waals surface area contributed by atoms with Gasteiger partial charge < -0.3 is 25.3 Å². The molecule has 2 aliphatic rings. The number of carboxylic acids is 1. The van der Waals surface area contributed by atoms with E-state index in [0.29, 0.717) is 32.0 Å². The monoisotopic (exact) mass is 321 g/mol. The number of hydrogen-bond acceptors (Lipinski definition) is 7. The third-order valence-electron chi connectivity index (χ3n) is 4.93. The van der Waals surface area contributed by atoms with Crippen molar-refractivity contribution >= 4 is 17.6 Å². The molecule has 1 aromatic rings. The van der Waals surface area contributed by atoms with Crippen molar-refractivity contribution in [2.24, 2.45) is 11.3 Å². The van der Waals surface area contributed by atoms with E-state index in [0.717, 1.165) is 18.8 Å². The lowest BCUT2D eigenvalue weighted by atomic mass is 9.73. The Bertz CT molecular complexity index is 584. The Balaban J connectivity index is 1.81. The molecule has 0 saturated carbocycles. The van der Waals surface area contributed by atoms with Gasteiger partial charge in [-0.1, -0.05) is 0 Å². The topological polar surface area (TPSA) is 102 Å². The van der Waals surface area contributed by atoms with E-state index < -0.39 is 11.4 Å². The number of aromatic nitrogens is 2. The van der Waals surface area contributed by atoms with E-state index >= 15 is 0 Å². The van der Waals surface area contributed by atoms with Crippen molar-refractivity contribution in [3.63, 3.8) is 0 Å². The van der Waals surface area contributed by atoms with Gasteiger partial charge in [-0.05, 0) is 25.9 Å². The molecule has 0 spiro atoms. The van der Waals surface area contributed by atoms with Crippen LogP contribution in [-0.2, 0) is 4.79 Å². The minimum Gasteiger partial charge on any atom is -0.481 e. The second-order valence-electron chi connectivity index (χ2n) is 6.48. The van der Waals surface area contributed by atoms with E-state index in [1.165, 1.54) is 6.33 Å². The summed E-state index contributed by atoms with van der Waals surface area (Å²) in [6.07, 6.45) is 2.36. The second kappa shape index (κ2) is 6.29. The van der Waals surface area contributed by atoms with E-state index in [1.807, 2.05) is 18.0 Å². The Kier molecular flexibility index (Phi) is 4.36. The average Bonchev–Trinajstić information content (AvgIpc) is 2.93. The fourth-order valence-electron chi connectivity index (χ4n) is 3.74. The molecule has 2 aliphatic heterocycles. The number of aliphatic hydroxyl groups is 1. The standard InChI is InChI=1S/C15H23N5O3/c1-19-4-2-11-7-20(9-15(11,8-19)14(22)23)13-6-12(16-3-5-21)17-10-18-13/h6,10-11,21H,2-5,7-9H2,1H3,(H,22,23)(H,16,17,18)/t11-,15-/m0/s1. The molecule has 3 rings (SSSR count). The van der Waals surface area contributed by atoms with Gasteiger partial charge in [0.1, 0.15) is 23.4 Å². The lowest BCUT2D eigenvalue weighted by Crippen LogP contribution is -2.52. The summed E-state index contributed by atoms with van der Waals surface area (Å²) in [7, 11) is 1.98. The molecule has 2 atom stereocenters. The zero-order valence-electron chi connectivity index (χ0n) is 13.3. The third kappa shape index (κ3) is 2.96. The fourth-order valence-corrected chi connectivity index (χ4v) is 3.74. The van der Waals surface area contributed by atoms with E-state index in [9.17, 15) is 9.90 Å². The van der Waals surface area contributed by atoms with Crippen molar-refractivity contribution in [1.29, 1.82) is 0 Å². The number of aliphatic hydroxyl groups excluding tert-OH is 1. The molecule has 2 saturated heterocycles. The number of piperidine rings is 1. The molecule has 8 nitrogen and oxygen atoms in total. The molecule has 0 radical (unpaired) electrons. The Labute approximate surface area is 135 Å². The molecule has 8 heteroatoms. The predicted molar refractivity (Wildman–Crippen MR) is 85.5 cm³/mol. The number of fused-ring (bicyclic) bond motifs is 1. The normalized spacial score (nSPS) is 27.7. The maximum atomic E-state index is 12.0. The SMILES string of the molecule is CN1CC[C@H]2CN(c3cc(NCCO)ncn3)C[C@@]2(C(=O)O)C1. The number of nitrogens with one attached hydrogen (secondary N) is 1. The summed E-state index contributed by atoms with van der Waals surface area (Å²) in [5, 5.41) is 21.7. The van der Waals surface area contributed by atoms with Crippen LogP contribution in [0.25, 0.3) is 0 Å². The maximum absolute atomic E-state index is 12.0. The Morgan fingerprint density at radius 2 is 2.30 bits per heavy atom. The molecule has 3 heterocycles. The first kappa shape index (κ1) is 15.9. The molecular weight excluding hydrogens is 298 g/mol. The molecule has 0 amide bonds. The minimum atomic E-state index is -0.726. The summed E-state index contributed by atoms with van der Waals surface area (Å²) in [4.78, 5) is 24.5. The van der Waals surface area contributed by atoms with Gasteiger partial charge in [-0.2, -0.15) is 0 Å². The fraction of sp³-hybridized carbons (Fsp3) is 0.667. The number of carboxylic acid groups (broad SMARTS) is 1. The van der Waals surface area contributed by atoms with Gasteiger partial charge in [-0.15, -0.1) is 0 Å². The van der Waals surface area contributed by atoms with E-state index in [1.54, 1.807) is 0 Å². The van der Waals surface area contributed by atoms with Crippen LogP contribution in [0.5, 0.6) is 0 Å². The lowest BCUT2D eigenvalue weighted by molar-refractivity contribution is -0.153.